The molecule has 0 aromatic carbocycles. The average Bonchev–Trinajstić information content (AvgIpc) is 3.26. The molecule has 0 amide bonds. The molecule has 5 aliphatic carbocycles. The predicted molar refractivity (Wildman–Crippen MR) is 225 cm³/mol. The molecule has 0 bridgehead atoms. The molecule has 3 heterocycles. The molecular weight excluding hydrogens is 852 g/mol. The van der Waals surface area contributed by atoms with Crippen LogP contribution in [0.2, 0.25) is 0 Å². The van der Waals surface area contributed by atoms with Gasteiger partial charge in [0.1, 0.15) is 73.4 Å². The number of hydrogen-bond acceptors (Lipinski definition) is 18. The maximum absolute atomic E-state index is 14.6. The average molecular weight is 927 g/mol. The smallest absolute Gasteiger partial charge is 0.315 e. The highest BCUT2D eigenvalue weighted by Gasteiger charge is 2.70. The fourth-order valence-electron chi connectivity index (χ4n) is 14.6. The van der Waals surface area contributed by atoms with E-state index >= 15 is 0 Å². The molecule has 18 nitrogen and oxygen atoms in total. The van der Waals surface area contributed by atoms with Crippen molar-refractivity contribution in [3.05, 3.63) is 11.6 Å². The molecule has 23 atom stereocenters. The maximum atomic E-state index is 14.6. The summed E-state index contributed by atoms with van der Waals surface area (Å²) in [5.41, 5.74) is -1.66. The molecule has 370 valence electrons. The molecule has 3 aliphatic heterocycles. The van der Waals surface area contributed by atoms with Crippen molar-refractivity contribution in [2.45, 2.75) is 198 Å². The highest BCUT2D eigenvalue weighted by atomic mass is 16.7. The van der Waals surface area contributed by atoms with Crippen molar-refractivity contribution in [2.75, 3.05) is 19.8 Å². The van der Waals surface area contributed by atoms with Crippen LogP contribution in [0.4, 0.5) is 0 Å². The number of carbonyl (C=O) groups excluding carboxylic acids is 2. The Morgan fingerprint density at radius 1 is 0.708 bits per heavy atom. The van der Waals surface area contributed by atoms with Gasteiger partial charge in [-0.3, -0.25) is 4.79 Å². The van der Waals surface area contributed by atoms with E-state index < -0.39 is 122 Å². The van der Waals surface area contributed by atoms with E-state index in [-0.39, 0.29) is 46.0 Å². The number of hydrogen-bond donors (Lipinski definition) is 10. The molecule has 8 aliphatic rings. The Morgan fingerprint density at radius 3 is 1.95 bits per heavy atom. The van der Waals surface area contributed by atoms with Gasteiger partial charge in [-0.05, 0) is 104 Å². The number of esters is 1. The zero-order valence-electron chi connectivity index (χ0n) is 38.5. The Labute approximate surface area is 380 Å². The first-order valence-corrected chi connectivity index (χ1v) is 23.7. The zero-order valence-corrected chi connectivity index (χ0v) is 38.5. The van der Waals surface area contributed by atoms with Crippen LogP contribution in [-0.2, 0) is 38.0 Å². The minimum atomic E-state index is -1.76. The number of rotatable bonds is 9. The molecule has 23 unspecified atom stereocenters. The number of fused-ring (bicyclic) bond motifs is 7. The van der Waals surface area contributed by atoms with Crippen LogP contribution in [-0.4, -0.2) is 175 Å². The lowest BCUT2D eigenvalue weighted by Crippen LogP contribution is -2.67. The van der Waals surface area contributed by atoms with Crippen LogP contribution >= 0.6 is 0 Å². The van der Waals surface area contributed by atoms with Crippen LogP contribution in [0.5, 0.6) is 0 Å². The molecule has 0 spiro atoms. The standard InChI is InChI=1S/C47H74O18/c1-42(2)13-15-47(41(59)65-40-35(57)33(55)31(53)26(19-49)62-40)16-14-45(5)22(23(47)17-42)7-8-28-43(3)11-10-29(44(4,21-50)27(43)9-12-46(28,45)6)63-38-36(58)37(24(51)20-60-38)64-39-34(56)32(54)30(52)25(18-48)61-39/h7,21,23-40,48-49,51-58H,8-20H2,1-6H3. The summed E-state index contributed by atoms with van der Waals surface area (Å²) < 4.78 is 35.3. The Morgan fingerprint density at radius 2 is 1.32 bits per heavy atom. The Bertz CT molecular complexity index is 1790. The molecule has 10 N–H and O–H groups in total. The minimum Gasteiger partial charge on any atom is -0.432 e. The molecule has 3 saturated heterocycles. The van der Waals surface area contributed by atoms with E-state index in [1.165, 1.54) is 5.57 Å². The molecule has 0 aromatic rings. The van der Waals surface area contributed by atoms with Gasteiger partial charge in [0.05, 0.1) is 36.8 Å². The highest BCUT2D eigenvalue weighted by Crippen LogP contribution is 2.76. The van der Waals surface area contributed by atoms with E-state index in [4.69, 9.17) is 28.4 Å². The second-order valence-corrected chi connectivity index (χ2v) is 22.7. The SMILES string of the molecule is CC1(C)CCC2(C(=O)OC3OC(CO)C(O)C(O)C3O)CCC3(C)C(=CCC4C5(C)CCC(OC6OCC(O)C(OC7OC(CO)C(O)C(O)C7O)C6O)C(C)(C=O)C5CCC43C)C2C1. The minimum absolute atomic E-state index is 0.0813. The fraction of sp³-hybridized carbons (Fsp3) is 0.915. The Balaban J connectivity index is 1.02. The van der Waals surface area contributed by atoms with Crippen LogP contribution in [0.15, 0.2) is 11.6 Å². The predicted octanol–water partition coefficient (Wildman–Crippen LogP) is -0.0414. The van der Waals surface area contributed by atoms with Gasteiger partial charge in [0.2, 0.25) is 6.29 Å². The van der Waals surface area contributed by atoms with Crippen LogP contribution in [0, 0.1) is 50.2 Å². The van der Waals surface area contributed by atoms with E-state index in [9.17, 15) is 60.7 Å². The molecule has 0 aromatic heterocycles. The molecule has 7 fully saturated rings. The van der Waals surface area contributed by atoms with Gasteiger partial charge in [0, 0.05) is 0 Å². The van der Waals surface area contributed by atoms with E-state index in [0.29, 0.717) is 38.5 Å². The Kier molecular flexibility index (Phi) is 13.5. The maximum Gasteiger partial charge on any atom is 0.315 e. The summed E-state index contributed by atoms with van der Waals surface area (Å²) in [7, 11) is 0. The molecule has 18 heteroatoms. The lowest BCUT2D eigenvalue weighted by atomic mass is 9.33. The Hall–Kier alpha value is -1.72. The first-order valence-electron chi connectivity index (χ1n) is 23.7. The number of ether oxygens (including phenoxy) is 6. The van der Waals surface area contributed by atoms with Gasteiger partial charge < -0.3 is 84.3 Å². The summed E-state index contributed by atoms with van der Waals surface area (Å²) in [5, 5.41) is 105. The topological polar surface area (TPSA) is 292 Å². The zero-order chi connectivity index (χ0) is 47.4. The lowest BCUT2D eigenvalue weighted by molar-refractivity contribution is -0.356. The van der Waals surface area contributed by atoms with Crippen molar-refractivity contribution in [2.24, 2.45) is 50.2 Å². The molecule has 0 radical (unpaired) electrons. The normalized spacial score (nSPS) is 54.2. The summed E-state index contributed by atoms with van der Waals surface area (Å²) in [6, 6.07) is 0. The van der Waals surface area contributed by atoms with Gasteiger partial charge in [0.25, 0.3) is 0 Å². The molecular formula is C47H74O18. The third-order valence-corrected chi connectivity index (χ3v) is 18.9. The number of allylic oxidation sites excluding steroid dienone is 2. The summed E-state index contributed by atoms with van der Waals surface area (Å²) in [5.74, 6) is -0.665. The summed E-state index contributed by atoms with van der Waals surface area (Å²) in [4.78, 5) is 28.2. The van der Waals surface area contributed by atoms with Gasteiger partial charge in [-0.15, -0.1) is 0 Å². The first kappa shape index (κ1) is 49.7. The van der Waals surface area contributed by atoms with E-state index in [1.54, 1.807) is 0 Å². The van der Waals surface area contributed by atoms with Crippen molar-refractivity contribution in [3.8, 4) is 0 Å². The van der Waals surface area contributed by atoms with Gasteiger partial charge >= 0.3 is 5.97 Å². The monoisotopic (exact) mass is 926 g/mol. The fourth-order valence-corrected chi connectivity index (χ4v) is 14.6. The number of aliphatic hydroxyl groups is 10. The first-order chi connectivity index (χ1) is 30.5. The van der Waals surface area contributed by atoms with Crippen molar-refractivity contribution >= 4 is 12.3 Å². The molecule has 4 saturated carbocycles. The van der Waals surface area contributed by atoms with Gasteiger partial charge in [0.15, 0.2) is 12.6 Å². The second kappa shape index (κ2) is 17.6. The number of carbonyl (C=O) groups is 2. The van der Waals surface area contributed by atoms with Crippen LogP contribution in [0.25, 0.3) is 0 Å². The highest BCUT2D eigenvalue weighted by molar-refractivity contribution is 5.79. The second-order valence-electron chi connectivity index (χ2n) is 22.7. The van der Waals surface area contributed by atoms with Crippen LogP contribution in [0.1, 0.15) is 106 Å². The van der Waals surface area contributed by atoms with Gasteiger partial charge in [-0.1, -0.05) is 53.2 Å². The number of aliphatic hydroxyl groups excluding tert-OH is 10. The van der Waals surface area contributed by atoms with Crippen molar-refractivity contribution in [1.82, 2.24) is 0 Å². The third kappa shape index (κ3) is 7.71. The van der Waals surface area contributed by atoms with Gasteiger partial charge in [-0.25, -0.2) is 0 Å². The summed E-state index contributed by atoms with van der Waals surface area (Å²) in [6.07, 6.45) is -12.2. The van der Waals surface area contributed by atoms with E-state index in [2.05, 4.69) is 40.7 Å². The van der Waals surface area contributed by atoms with E-state index in [0.717, 1.165) is 32.0 Å². The van der Waals surface area contributed by atoms with Crippen LogP contribution in [0.3, 0.4) is 0 Å². The lowest BCUT2D eigenvalue weighted by Gasteiger charge is -2.71. The van der Waals surface area contributed by atoms with Crippen LogP contribution < -0.4 is 0 Å². The molecule has 8 rings (SSSR count). The largest absolute Gasteiger partial charge is 0.432 e. The van der Waals surface area contributed by atoms with E-state index in [1.807, 2.05) is 6.92 Å². The van der Waals surface area contributed by atoms with Crippen molar-refractivity contribution < 1.29 is 89.1 Å². The van der Waals surface area contributed by atoms with Crippen molar-refractivity contribution in [3.63, 3.8) is 0 Å². The summed E-state index contributed by atoms with van der Waals surface area (Å²) in [6.45, 7) is 11.7. The molecule has 65 heavy (non-hydrogen) atoms. The number of aldehydes is 1. The third-order valence-electron chi connectivity index (χ3n) is 18.9. The van der Waals surface area contributed by atoms with Crippen molar-refractivity contribution in [1.29, 1.82) is 0 Å². The summed E-state index contributed by atoms with van der Waals surface area (Å²) >= 11 is 0. The van der Waals surface area contributed by atoms with Gasteiger partial charge in [-0.2, -0.15) is 0 Å². The quantitative estimate of drug-likeness (QED) is 0.0628.